The number of nitrogens with zero attached hydrogens (tertiary/aromatic N) is 4. The number of rotatable bonds is 7. The summed E-state index contributed by atoms with van der Waals surface area (Å²) in [5.41, 5.74) is 2.65. The van der Waals surface area contributed by atoms with Crippen LogP contribution in [0.25, 0.3) is 11.0 Å². The minimum atomic E-state index is -0.919. The Bertz CT molecular complexity index is 1330. The molecule has 0 aliphatic heterocycles. The first-order valence-electron chi connectivity index (χ1n) is 12.3. The number of amides is 2. The first-order valence-corrected chi connectivity index (χ1v) is 12.3. The Morgan fingerprint density at radius 3 is 2.39 bits per heavy atom. The lowest BCUT2D eigenvalue weighted by molar-refractivity contribution is -0.127. The molecule has 0 unspecified atom stereocenters. The molecule has 4 aromatic rings. The van der Waals surface area contributed by atoms with Gasteiger partial charge in [-0.3, -0.25) is 14.5 Å². The number of phenolic OH excluding ortho intramolecular Hbond substituents is 1. The number of benzene rings is 3. The van der Waals surface area contributed by atoms with Crippen molar-refractivity contribution in [2.75, 3.05) is 4.90 Å². The number of carbonyl (C=O) groups excluding carboxylic acids is 2. The van der Waals surface area contributed by atoms with Gasteiger partial charge >= 0.3 is 0 Å². The molecule has 1 heterocycles. The van der Waals surface area contributed by atoms with Crippen molar-refractivity contribution < 1.29 is 14.7 Å². The predicted molar refractivity (Wildman–Crippen MR) is 137 cm³/mol. The molecule has 8 heteroatoms. The van der Waals surface area contributed by atoms with Crippen LogP contribution in [-0.2, 0) is 16.1 Å². The molecule has 1 atom stereocenters. The van der Waals surface area contributed by atoms with Gasteiger partial charge in [0.2, 0.25) is 11.8 Å². The van der Waals surface area contributed by atoms with Crippen molar-refractivity contribution in [2.45, 2.75) is 50.7 Å². The fourth-order valence-corrected chi connectivity index (χ4v) is 4.87. The fraction of sp³-hybridized carbons (Fsp3) is 0.286. The molecule has 1 aromatic heterocycles. The predicted octanol–water partition coefficient (Wildman–Crippen LogP) is 4.36. The largest absolute Gasteiger partial charge is 0.508 e. The maximum atomic E-state index is 13.9. The van der Waals surface area contributed by atoms with Crippen molar-refractivity contribution in [2.24, 2.45) is 0 Å². The van der Waals surface area contributed by atoms with Gasteiger partial charge in [0.15, 0.2) is 0 Å². The molecule has 8 nitrogen and oxygen atoms in total. The minimum absolute atomic E-state index is 0.0813. The normalized spacial score (nSPS) is 14.9. The zero-order valence-electron chi connectivity index (χ0n) is 20.0. The van der Waals surface area contributed by atoms with Crippen molar-refractivity contribution in [1.82, 2.24) is 20.3 Å². The first kappa shape index (κ1) is 23.5. The SMILES string of the molecule is O=C(NC1CCCCC1)[C@H](c1ccc(O)cc1)N(C(=O)Cn1nnc2ccccc21)c1ccccc1. The van der Waals surface area contributed by atoms with E-state index in [4.69, 9.17) is 0 Å². The summed E-state index contributed by atoms with van der Waals surface area (Å²) in [5, 5.41) is 21.4. The standard InChI is InChI=1S/C28H29N5O3/c34-23-17-15-20(16-18-23)27(28(36)29-21-9-3-1-4-10-21)33(22-11-5-2-6-12-22)26(35)19-32-25-14-8-7-13-24(25)30-31-32/h2,5-8,11-18,21,27,34H,1,3-4,9-10,19H2,(H,29,36)/t27-/m0/s1. The quantitative estimate of drug-likeness (QED) is 0.407. The number of fused-ring (bicyclic) bond motifs is 1. The molecule has 0 saturated heterocycles. The van der Waals surface area contributed by atoms with Gasteiger partial charge in [0, 0.05) is 11.7 Å². The van der Waals surface area contributed by atoms with Crippen molar-refractivity contribution in [3.63, 3.8) is 0 Å². The Kier molecular flexibility index (Phi) is 6.93. The van der Waals surface area contributed by atoms with Crippen LogP contribution in [0, 0.1) is 0 Å². The van der Waals surface area contributed by atoms with Crippen LogP contribution in [0.15, 0.2) is 78.9 Å². The Morgan fingerprint density at radius 2 is 1.64 bits per heavy atom. The smallest absolute Gasteiger partial charge is 0.249 e. The molecule has 5 rings (SSSR count). The molecule has 1 aliphatic rings. The van der Waals surface area contributed by atoms with Gasteiger partial charge in [-0.25, -0.2) is 4.68 Å². The van der Waals surface area contributed by atoms with Crippen molar-refractivity contribution in [3.8, 4) is 5.75 Å². The number of hydrogen-bond donors (Lipinski definition) is 2. The maximum Gasteiger partial charge on any atom is 0.249 e. The average Bonchev–Trinajstić information content (AvgIpc) is 3.31. The van der Waals surface area contributed by atoms with Gasteiger partial charge in [-0.05, 0) is 54.8 Å². The van der Waals surface area contributed by atoms with E-state index in [0.29, 0.717) is 16.8 Å². The number of phenols is 1. The van der Waals surface area contributed by atoms with Gasteiger partial charge in [-0.2, -0.15) is 0 Å². The van der Waals surface area contributed by atoms with Crippen LogP contribution in [0.2, 0.25) is 0 Å². The number of para-hydroxylation sites is 2. The molecule has 2 amide bonds. The van der Waals surface area contributed by atoms with Crippen LogP contribution in [-0.4, -0.2) is 38.0 Å². The summed E-state index contributed by atoms with van der Waals surface area (Å²) in [6, 6.07) is 22.3. The third-order valence-electron chi connectivity index (χ3n) is 6.68. The van der Waals surface area contributed by atoms with E-state index in [1.54, 1.807) is 16.8 Å². The summed E-state index contributed by atoms with van der Waals surface area (Å²) in [6.45, 7) is -0.0826. The zero-order chi connectivity index (χ0) is 24.9. The highest BCUT2D eigenvalue weighted by Crippen LogP contribution is 2.30. The summed E-state index contributed by atoms with van der Waals surface area (Å²) in [7, 11) is 0. The second-order valence-electron chi connectivity index (χ2n) is 9.17. The fourth-order valence-electron chi connectivity index (χ4n) is 4.87. The van der Waals surface area contributed by atoms with Gasteiger partial charge in [0.05, 0.1) is 5.52 Å². The number of anilines is 1. The molecule has 0 radical (unpaired) electrons. The van der Waals surface area contributed by atoms with E-state index < -0.39 is 6.04 Å². The molecular formula is C28H29N5O3. The third-order valence-corrected chi connectivity index (χ3v) is 6.68. The highest BCUT2D eigenvalue weighted by Gasteiger charge is 2.34. The van der Waals surface area contributed by atoms with Gasteiger partial charge < -0.3 is 10.4 Å². The number of aromatic nitrogens is 3. The van der Waals surface area contributed by atoms with Crippen molar-refractivity contribution in [1.29, 1.82) is 0 Å². The second kappa shape index (κ2) is 10.6. The Hall–Kier alpha value is -4.20. The summed E-state index contributed by atoms with van der Waals surface area (Å²) in [5.74, 6) is -0.446. The van der Waals surface area contributed by atoms with Gasteiger partial charge in [0.1, 0.15) is 23.9 Å². The van der Waals surface area contributed by atoms with Crippen LogP contribution in [0.3, 0.4) is 0 Å². The molecule has 1 fully saturated rings. The van der Waals surface area contributed by atoms with E-state index in [-0.39, 0.29) is 30.2 Å². The molecule has 0 bridgehead atoms. The molecule has 2 N–H and O–H groups in total. The van der Waals surface area contributed by atoms with E-state index in [1.807, 2.05) is 54.6 Å². The maximum absolute atomic E-state index is 13.9. The van der Waals surface area contributed by atoms with E-state index in [1.165, 1.54) is 23.5 Å². The molecule has 0 spiro atoms. The first-order chi connectivity index (χ1) is 17.6. The van der Waals surface area contributed by atoms with E-state index in [9.17, 15) is 14.7 Å². The summed E-state index contributed by atoms with van der Waals surface area (Å²) >= 11 is 0. The van der Waals surface area contributed by atoms with Gasteiger partial charge in [0.25, 0.3) is 0 Å². The van der Waals surface area contributed by atoms with E-state index in [2.05, 4.69) is 15.6 Å². The number of aromatic hydroxyl groups is 1. The summed E-state index contributed by atoms with van der Waals surface area (Å²) < 4.78 is 1.56. The topological polar surface area (TPSA) is 100 Å². The molecule has 1 saturated carbocycles. The molecule has 3 aromatic carbocycles. The Morgan fingerprint density at radius 1 is 0.944 bits per heavy atom. The number of carbonyl (C=O) groups is 2. The third kappa shape index (κ3) is 5.07. The number of nitrogens with one attached hydrogen (secondary N) is 1. The Labute approximate surface area is 209 Å². The molecule has 36 heavy (non-hydrogen) atoms. The average molecular weight is 484 g/mol. The van der Waals surface area contributed by atoms with Crippen LogP contribution < -0.4 is 10.2 Å². The van der Waals surface area contributed by atoms with E-state index >= 15 is 0 Å². The van der Waals surface area contributed by atoms with Gasteiger partial charge in [-0.1, -0.05) is 66.9 Å². The van der Waals surface area contributed by atoms with Crippen LogP contribution in [0.5, 0.6) is 5.75 Å². The van der Waals surface area contributed by atoms with Crippen LogP contribution in [0.4, 0.5) is 5.69 Å². The second-order valence-corrected chi connectivity index (χ2v) is 9.17. The highest BCUT2D eigenvalue weighted by atomic mass is 16.3. The van der Waals surface area contributed by atoms with Crippen LogP contribution in [0.1, 0.15) is 43.7 Å². The molecular weight excluding hydrogens is 454 g/mol. The van der Waals surface area contributed by atoms with Crippen molar-refractivity contribution in [3.05, 3.63) is 84.4 Å². The summed E-state index contributed by atoms with van der Waals surface area (Å²) in [4.78, 5) is 29.3. The monoisotopic (exact) mass is 483 g/mol. The molecule has 184 valence electrons. The minimum Gasteiger partial charge on any atom is -0.508 e. The highest BCUT2D eigenvalue weighted by molar-refractivity contribution is 6.01. The van der Waals surface area contributed by atoms with Crippen molar-refractivity contribution >= 4 is 28.5 Å². The summed E-state index contributed by atoms with van der Waals surface area (Å²) in [6.07, 6.45) is 5.19. The Balaban J connectivity index is 1.53. The zero-order valence-corrected chi connectivity index (χ0v) is 20.0. The van der Waals surface area contributed by atoms with Crippen LogP contribution >= 0.6 is 0 Å². The lowest BCUT2D eigenvalue weighted by atomic mass is 9.94. The van der Waals surface area contributed by atoms with Gasteiger partial charge in [-0.15, -0.1) is 5.10 Å². The van der Waals surface area contributed by atoms with E-state index in [0.717, 1.165) is 31.2 Å². The lowest BCUT2D eigenvalue weighted by Crippen LogP contribution is -2.48. The number of hydrogen-bond acceptors (Lipinski definition) is 5. The molecule has 1 aliphatic carbocycles. The lowest BCUT2D eigenvalue weighted by Gasteiger charge is -2.33.